The van der Waals surface area contributed by atoms with Crippen molar-refractivity contribution in [3.8, 4) is 28.1 Å². The molecule has 10 nitrogen and oxygen atoms in total. The maximum atomic E-state index is 14.9. The van der Waals surface area contributed by atoms with Gasteiger partial charge in [0.1, 0.15) is 23.8 Å². The predicted octanol–water partition coefficient (Wildman–Crippen LogP) is 11.2. The van der Waals surface area contributed by atoms with Gasteiger partial charge in [-0.1, -0.05) is 78.9 Å². The second-order valence-electron chi connectivity index (χ2n) is 18.0. The lowest BCUT2D eigenvalue weighted by molar-refractivity contribution is -0.164. The zero-order valence-corrected chi connectivity index (χ0v) is 38.8. The van der Waals surface area contributed by atoms with Crippen molar-refractivity contribution in [2.24, 2.45) is 0 Å². The van der Waals surface area contributed by atoms with Crippen LogP contribution in [0.4, 0.5) is 14.6 Å². The summed E-state index contributed by atoms with van der Waals surface area (Å²) < 4.78 is 68.0. The molecule has 0 radical (unpaired) electrons. The highest BCUT2D eigenvalue weighted by Crippen LogP contribution is 2.42. The highest BCUT2D eigenvalue weighted by molar-refractivity contribution is 5.82. The molecular weight excluding hydrogens is 829 g/mol. The average Bonchev–Trinajstić information content (AvgIpc) is 3.75. The summed E-state index contributed by atoms with van der Waals surface area (Å²) in [5.41, 5.74) is 6.54. The zero-order valence-electron chi connectivity index (χ0n) is 38.8. The van der Waals surface area contributed by atoms with Crippen LogP contribution >= 0.6 is 0 Å². The van der Waals surface area contributed by atoms with E-state index < -0.39 is 34.9 Å². The molecule has 4 aromatic carbocycles. The van der Waals surface area contributed by atoms with E-state index in [1.807, 2.05) is 137 Å². The molecule has 0 saturated carbocycles. The lowest BCUT2D eigenvalue weighted by atomic mass is 9.92. The van der Waals surface area contributed by atoms with Crippen molar-refractivity contribution >= 4 is 17.4 Å². The molecule has 2 aromatic heterocycles. The van der Waals surface area contributed by atoms with Crippen LogP contribution in [0.2, 0.25) is 0 Å². The molecule has 0 spiro atoms. The van der Waals surface area contributed by atoms with Crippen LogP contribution in [0, 0.1) is 25.5 Å². The van der Waals surface area contributed by atoms with Crippen molar-refractivity contribution < 1.29 is 42.0 Å². The Bertz CT molecular complexity index is 2550. The number of hydrogen-bond donors (Lipinski definition) is 0. The number of nitrogens with zero attached hydrogens (tertiary/aromatic N) is 3. The van der Waals surface area contributed by atoms with Crippen molar-refractivity contribution in [1.29, 1.82) is 0 Å². The molecule has 0 aliphatic carbocycles. The predicted molar refractivity (Wildman–Crippen MR) is 249 cm³/mol. The number of esters is 1. The molecule has 0 bridgehead atoms. The van der Waals surface area contributed by atoms with Gasteiger partial charge in [0, 0.05) is 42.0 Å². The number of carbonyl (C=O) groups is 1. The number of anilines is 1. The number of piperidine rings is 1. The Hall–Kier alpha value is -5.66. The van der Waals surface area contributed by atoms with Gasteiger partial charge in [0.25, 0.3) is 0 Å². The monoisotopic (exact) mass is 889 g/mol. The van der Waals surface area contributed by atoms with Gasteiger partial charge in [-0.05, 0) is 101 Å². The normalized spacial score (nSPS) is 15.0. The highest BCUT2D eigenvalue weighted by Gasteiger charge is 2.38. The quantitative estimate of drug-likeness (QED) is 0.0618. The first-order chi connectivity index (χ1) is 31.1. The van der Waals surface area contributed by atoms with E-state index in [1.165, 1.54) is 13.2 Å². The molecule has 0 N–H and O–H groups in total. The minimum atomic E-state index is -1.03. The maximum Gasteiger partial charge on any atom is 0.339 e. The molecule has 1 aliphatic rings. The average molecular weight is 890 g/mol. The van der Waals surface area contributed by atoms with E-state index in [9.17, 15) is 13.6 Å². The van der Waals surface area contributed by atoms with Gasteiger partial charge in [0.05, 0.1) is 56.5 Å². The van der Waals surface area contributed by atoms with Crippen LogP contribution in [0.15, 0.2) is 103 Å². The summed E-state index contributed by atoms with van der Waals surface area (Å²) in [5.74, 6) is -1.47. The summed E-state index contributed by atoms with van der Waals surface area (Å²) in [6, 6.07) is 29.4. The van der Waals surface area contributed by atoms with Crippen LogP contribution in [0.3, 0.4) is 0 Å². The van der Waals surface area contributed by atoms with Crippen molar-refractivity contribution in [2.45, 2.75) is 97.9 Å². The Morgan fingerprint density at radius 2 is 1.48 bits per heavy atom. The molecule has 0 unspecified atom stereocenters. The fraction of sp³-hybridized carbons (Fsp3) is 0.396. The summed E-state index contributed by atoms with van der Waals surface area (Å²) >= 11 is 0. The number of imidazole rings is 1. The summed E-state index contributed by atoms with van der Waals surface area (Å²) in [6.07, 6.45) is 2.31. The second-order valence-corrected chi connectivity index (χ2v) is 18.0. The number of pyridine rings is 1. The number of methoxy groups -OCH3 is 1. The molecule has 1 saturated heterocycles. The fourth-order valence-corrected chi connectivity index (χ4v) is 8.18. The van der Waals surface area contributed by atoms with Crippen LogP contribution in [0.5, 0.6) is 5.75 Å². The van der Waals surface area contributed by atoms with E-state index in [-0.39, 0.29) is 18.5 Å². The first kappa shape index (κ1) is 47.3. The number of rotatable bonds is 18. The smallest absolute Gasteiger partial charge is 0.339 e. The van der Waals surface area contributed by atoms with E-state index in [2.05, 4.69) is 11.8 Å². The second kappa shape index (κ2) is 20.7. The summed E-state index contributed by atoms with van der Waals surface area (Å²) in [5, 5.41) is 0. The molecular formula is C53H61F2N3O7. The Balaban J connectivity index is 1.16. The molecule has 6 aromatic rings. The van der Waals surface area contributed by atoms with Crippen LogP contribution in [-0.4, -0.2) is 72.7 Å². The maximum absolute atomic E-state index is 14.9. The molecule has 1 aliphatic heterocycles. The van der Waals surface area contributed by atoms with E-state index in [1.54, 1.807) is 0 Å². The van der Waals surface area contributed by atoms with Gasteiger partial charge in [0.2, 0.25) is 0 Å². The Morgan fingerprint density at radius 1 is 0.831 bits per heavy atom. The van der Waals surface area contributed by atoms with Crippen molar-refractivity contribution in [3.63, 3.8) is 0 Å². The van der Waals surface area contributed by atoms with Crippen LogP contribution in [0.1, 0.15) is 81.4 Å². The standard InChI is InChI=1S/C53H61F2N3O7/c1-35(62-33-38-16-11-9-12-17-38)32-61-26-27-64-53(7)22-24-57(25-23-53)50-47(48(51(59)60-8)65-52(4,5)6)36(2)37(3)49-56-45(31-58(49)50)41-21-15-20-40(28-41)42-29-43(54)44(55)30-46(42)63-34-39-18-13-10-14-19-39/h9-21,28-31,35,48H,22-27,32-34H2,1-8H3/t35-,48+/m1/s1. The van der Waals surface area contributed by atoms with Gasteiger partial charge in [-0.15, -0.1) is 0 Å². The van der Waals surface area contributed by atoms with E-state index in [4.69, 9.17) is 33.4 Å². The number of halogens is 2. The van der Waals surface area contributed by atoms with Crippen molar-refractivity contribution in [2.75, 3.05) is 44.9 Å². The molecule has 65 heavy (non-hydrogen) atoms. The molecule has 7 rings (SSSR count). The largest absolute Gasteiger partial charge is 0.488 e. The van der Waals surface area contributed by atoms with Gasteiger partial charge >= 0.3 is 5.97 Å². The first-order valence-corrected chi connectivity index (χ1v) is 22.3. The Labute approximate surface area is 381 Å². The van der Waals surface area contributed by atoms with Gasteiger partial charge in [0.15, 0.2) is 17.7 Å². The molecule has 2 atom stereocenters. The van der Waals surface area contributed by atoms with E-state index in [0.717, 1.165) is 39.7 Å². The number of ether oxygens (including phenoxy) is 6. The number of benzene rings is 4. The molecule has 344 valence electrons. The lowest BCUT2D eigenvalue weighted by Gasteiger charge is -2.42. The summed E-state index contributed by atoms with van der Waals surface area (Å²) in [6.45, 7) is 17.2. The van der Waals surface area contributed by atoms with Crippen LogP contribution in [0.25, 0.3) is 28.0 Å². The molecule has 0 amide bonds. The number of fused-ring (bicyclic) bond motifs is 1. The highest BCUT2D eigenvalue weighted by atomic mass is 19.2. The summed E-state index contributed by atoms with van der Waals surface area (Å²) in [7, 11) is 1.38. The van der Waals surface area contributed by atoms with E-state index >= 15 is 0 Å². The van der Waals surface area contributed by atoms with Gasteiger partial charge < -0.3 is 33.3 Å². The van der Waals surface area contributed by atoms with Gasteiger partial charge in [-0.25, -0.2) is 18.6 Å². The Kier molecular flexibility index (Phi) is 15.0. The number of aryl methyl sites for hydroxylation is 1. The van der Waals surface area contributed by atoms with Gasteiger partial charge in [-0.3, -0.25) is 4.40 Å². The van der Waals surface area contributed by atoms with Crippen LogP contribution in [-0.2, 0) is 41.7 Å². The van der Waals surface area contributed by atoms with Crippen molar-refractivity contribution in [1.82, 2.24) is 9.38 Å². The fourth-order valence-electron chi connectivity index (χ4n) is 8.18. The minimum absolute atomic E-state index is 0.0567. The number of aromatic nitrogens is 2. The summed E-state index contributed by atoms with van der Waals surface area (Å²) in [4.78, 5) is 21.2. The third-order valence-corrected chi connectivity index (χ3v) is 11.9. The molecule has 12 heteroatoms. The lowest BCUT2D eigenvalue weighted by Crippen LogP contribution is -2.46. The third kappa shape index (κ3) is 11.6. The third-order valence-electron chi connectivity index (χ3n) is 11.9. The first-order valence-electron chi connectivity index (χ1n) is 22.3. The van der Waals surface area contributed by atoms with Crippen molar-refractivity contribution in [3.05, 3.63) is 143 Å². The van der Waals surface area contributed by atoms with Crippen LogP contribution < -0.4 is 9.64 Å². The number of carbonyl (C=O) groups excluding carboxylic acids is 1. The van der Waals surface area contributed by atoms with Gasteiger partial charge in [-0.2, -0.15) is 0 Å². The SMILES string of the molecule is COC(=O)[C@@H](OC(C)(C)C)c1c(C)c(C)c2nc(-c3cccc(-c4cc(F)c(F)cc4OCc4ccccc4)c3)cn2c1N1CCC(C)(OCCOC[C@@H](C)OCc2ccccc2)CC1. The van der Waals surface area contributed by atoms with E-state index in [0.29, 0.717) is 80.4 Å². The topological polar surface area (TPSA) is 93.0 Å². The number of hydrogen-bond acceptors (Lipinski definition) is 9. The zero-order chi connectivity index (χ0) is 46.3. The molecule has 1 fully saturated rings. The Morgan fingerprint density at radius 3 is 2.14 bits per heavy atom. The minimum Gasteiger partial charge on any atom is -0.488 e. The molecule has 3 heterocycles.